The maximum atomic E-state index is 12.0. The van der Waals surface area contributed by atoms with E-state index >= 15 is 0 Å². The van der Waals surface area contributed by atoms with Crippen molar-refractivity contribution in [1.82, 2.24) is 10.3 Å². The summed E-state index contributed by atoms with van der Waals surface area (Å²) >= 11 is 7.30. The van der Waals surface area contributed by atoms with Crippen molar-refractivity contribution in [3.05, 3.63) is 40.9 Å². The number of nitrogens with zero attached hydrogens (tertiary/aromatic N) is 1. The van der Waals surface area contributed by atoms with Crippen molar-refractivity contribution in [2.75, 3.05) is 13.7 Å². The molecule has 0 saturated carbocycles. The standard InChI is InChI=1S/C15H17ClN2O2S/c1-10(8-20-2)17-14(19)11-3-5-12(6-4-11)15-18-13(7-16)9-21-15/h3-6,9-10H,7-8H2,1-2H3,(H,17,19). The number of nitrogens with one attached hydrogen (secondary N) is 1. The number of carbonyl (C=O) groups excluding carboxylic acids is 1. The summed E-state index contributed by atoms with van der Waals surface area (Å²) in [6, 6.07) is 7.37. The highest BCUT2D eigenvalue weighted by atomic mass is 35.5. The summed E-state index contributed by atoms with van der Waals surface area (Å²) in [5.74, 6) is 0.306. The quantitative estimate of drug-likeness (QED) is 0.829. The number of carbonyl (C=O) groups is 1. The predicted molar refractivity (Wildman–Crippen MR) is 85.9 cm³/mol. The van der Waals surface area contributed by atoms with E-state index in [0.717, 1.165) is 16.3 Å². The Hall–Kier alpha value is -1.43. The number of rotatable bonds is 6. The number of halogens is 1. The Morgan fingerprint density at radius 3 is 2.71 bits per heavy atom. The van der Waals surface area contributed by atoms with Gasteiger partial charge in [-0.2, -0.15) is 0 Å². The molecule has 1 unspecified atom stereocenters. The number of ether oxygens (including phenoxy) is 1. The Labute approximate surface area is 133 Å². The predicted octanol–water partition coefficient (Wildman–Crippen LogP) is 3.31. The van der Waals surface area contributed by atoms with E-state index in [1.807, 2.05) is 24.4 Å². The molecule has 6 heteroatoms. The van der Waals surface area contributed by atoms with Gasteiger partial charge in [-0.3, -0.25) is 4.79 Å². The van der Waals surface area contributed by atoms with Crippen LogP contribution in [0.2, 0.25) is 0 Å². The first-order chi connectivity index (χ1) is 10.1. The van der Waals surface area contributed by atoms with Gasteiger partial charge in [0.25, 0.3) is 5.91 Å². The Bertz CT molecular complexity index is 598. The van der Waals surface area contributed by atoms with Crippen molar-refractivity contribution in [2.45, 2.75) is 18.8 Å². The maximum Gasteiger partial charge on any atom is 0.251 e. The number of hydrogen-bond acceptors (Lipinski definition) is 4. The highest BCUT2D eigenvalue weighted by molar-refractivity contribution is 7.13. The molecule has 0 spiro atoms. The van der Waals surface area contributed by atoms with E-state index in [2.05, 4.69) is 10.3 Å². The fraction of sp³-hybridized carbons (Fsp3) is 0.333. The second-order valence-electron chi connectivity index (χ2n) is 4.68. The van der Waals surface area contributed by atoms with Gasteiger partial charge in [0, 0.05) is 29.7 Å². The molecule has 2 rings (SSSR count). The third-order valence-electron chi connectivity index (χ3n) is 2.88. The minimum atomic E-state index is -0.105. The number of amides is 1. The molecule has 1 aromatic carbocycles. The van der Waals surface area contributed by atoms with Crippen LogP contribution in [0.1, 0.15) is 23.0 Å². The van der Waals surface area contributed by atoms with E-state index in [1.165, 1.54) is 0 Å². The van der Waals surface area contributed by atoms with Crippen LogP contribution in [0.3, 0.4) is 0 Å². The molecule has 21 heavy (non-hydrogen) atoms. The molecule has 0 fully saturated rings. The molecule has 1 N–H and O–H groups in total. The fourth-order valence-corrected chi connectivity index (χ4v) is 2.92. The van der Waals surface area contributed by atoms with Crippen molar-refractivity contribution in [2.24, 2.45) is 0 Å². The van der Waals surface area contributed by atoms with E-state index in [1.54, 1.807) is 30.6 Å². The highest BCUT2D eigenvalue weighted by Crippen LogP contribution is 2.24. The van der Waals surface area contributed by atoms with Gasteiger partial charge >= 0.3 is 0 Å². The molecule has 0 aliphatic heterocycles. The Morgan fingerprint density at radius 2 is 2.14 bits per heavy atom. The van der Waals surface area contributed by atoms with Crippen LogP contribution in [-0.2, 0) is 10.6 Å². The van der Waals surface area contributed by atoms with Gasteiger partial charge in [0.1, 0.15) is 5.01 Å². The molecule has 0 radical (unpaired) electrons. The Balaban J connectivity index is 2.06. The molecular weight excluding hydrogens is 308 g/mol. The van der Waals surface area contributed by atoms with Crippen molar-refractivity contribution in [3.63, 3.8) is 0 Å². The molecule has 0 bridgehead atoms. The monoisotopic (exact) mass is 324 g/mol. The molecule has 4 nitrogen and oxygen atoms in total. The molecule has 1 amide bonds. The van der Waals surface area contributed by atoms with Crippen LogP contribution in [0.5, 0.6) is 0 Å². The molecule has 1 atom stereocenters. The van der Waals surface area contributed by atoms with Gasteiger partial charge in [0.2, 0.25) is 0 Å². The van der Waals surface area contributed by atoms with Crippen LogP contribution in [0, 0.1) is 0 Å². The van der Waals surface area contributed by atoms with Gasteiger partial charge in [-0.25, -0.2) is 4.98 Å². The summed E-state index contributed by atoms with van der Waals surface area (Å²) in [6.07, 6.45) is 0. The molecule has 0 saturated heterocycles. The average molecular weight is 325 g/mol. The lowest BCUT2D eigenvalue weighted by molar-refractivity contribution is 0.0905. The number of thiazole rings is 1. The van der Waals surface area contributed by atoms with Crippen LogP contribution in [0.15, 0.2) is 29.6 Å². The molecule has 1 aromatic heterocycles. The number of methoxy groups -OCH3 is 1. The maximum absolute atomic E-state index is 12.0. The van der Waals surface area contributed by atoms with Gasteiger partial charge in [-0.15, -0.1) is 22.9 Å². The number of aromatic nitrogens is 1. The van der Waals surface area contributed by atoms with Crippen LogP contribution >= 0.6 is 22.9 Å². The minimum Gasteiger partial charge on any atom is -0.383 e. The zero-order chi connectivity index (χ0) is 15.2. The first-order valence-electron chi connectivity index (χ1n) is 6.54. The molecule has 2 aromatic rings. The molecule has 0 aliphatic carbocycles. The number of benzene rings is 1. The smallest absolute Gasteiger partial charge is 0.251 e. The summed E-state index contributed by atoms with van der Waals surface area (Å²) in [6.45, 7) is 2.39. The Kier molecular flexibility index (Phi) is 5.73. The van der Waals surface area contributed by atoms with E-state index < -0.39 is 0 Å². The van der Waals surface area contributed by atoms with Gasteiger partial charge in [-0.1, -0.05) is 12.1 Å². The lowest BCUT2D eigenvalue weighted by Crippen LogP contribution is -2.35. The summed E-state index contributed by atoms with van der Waals surface area (Å²) in [7, 11) is 1.61. The SMILES string of the molecule is COCC(C)NC(=O)c1ccc(-c2nc(CCl)cs2)cc1. The lowest BCUT2D eigenvalue weighted by atomic mass is 10.1. The number of hydrogen-bond donors (Lipinski definition) is 1. The summed E-state index contributed by atoms with van der Waals surface area (Å²) in [4.78, 5) is 16.4. The third kappa shape index (κ3) is 4.27. The Morgan fingerprint density at radius 1 is 1.43 bits per heavy atom. The van der Waals surface area contributed by atoms with Gasteiger partial charge < -0.3 is 10.1 Å². The summed E-state index contributed by atoms with van der Waals surface area (Å²) in [5, 5.41) is 5.72. The number of alkyl halides is 1. The second-order valence-corrected chi connectivity index (χ2v) is 5.81. The lowest BCUT2D eigenvalue weighted by Gasteiger charge is -2.12. The van der Waals surface area contributed by atoms with E-state index in [9.17, 15) is 4.79 Å². The molecular formula is C15H17ClN2O2S. The van der Waals surface area contributed by atoms with E-state index in [-0.39, 0.29) is 11.9 Å². The van der Waals surface area contributed by atoms with Gasteiger partial charge in [0.05, 0.1) is 18.2 Å². The fourth-order valence-electron chi connectivity index (χ4n) is 1.86. The molecule has 112 valence electrons. The van der Waals surface area contributed by atoms with Gasteiger partial charge in [-0.05, 0) is 19.1 Å². The van der Waals surface area contributed by atoms with Crippen molar-refractivity contribution in [1.29, 1.82) is 0 Å². The third-order valence-corrected chi connectivity index (χ3v) is 4.09. The normalized spacial score (nSPS) is 12.1. The van der Waals surface area contributed by atoms with Crippen LogP contribution < -0.4 is 5.32 Å². The highest BCUT2D eigenvalue weighted by Gasteiger charge is 2.10. The van der Waals surface area contributed by atoms with E-state index in [4.69, 9.17) is 16.3 Å². The van der Waals surface area contributed by atoms with Crippen molar-refractivity contribution in [3.8, 4) is 10.6 Å². The van der Waals surface area contributed by atoms with Crippen LogP contribution in [-0.4, -0.2) is 30.6 Å². The topological polar surface area (TPSA) is 51.2 Å². The summed E-state index contributed by atoms with van der Waals surface area (Å²) < 4.78 is 5.00. The second kappa shape index (κ2) is 7.54. The average Bonchev–Trinajstić information content (AvgIpc) is 2.96. The minimum absolute atomic E-state index is 0.0209. The summed E-state index contributed by atoms with van der Waals surface area (Å²) in [5.41, 5.74) is 2.47. The first kappa shape index (κ1) is 15.9. The van der Waals surface area contributed by atoms with E-state index in [0.29, 0.717) is 18.1 Å². The first-order valence-corrected chi connectivity index (χ1v) is 7.96. The van der Waals surface area contributed by atoms with Gasteiger partial charge in [0.15, 0.2) is 0 Å². The zero-order valence-electron chi connectivity index (χ0n) is 11.9. The van der Waals surface area contributed by atoms with Crippen molar-refractivity contribution < 1.29 is 9.53 Å². The molecule has 1 heterocycles. The largest absolute Gasteiger partial charge is 0.383 e. The zero-order valence-corrected chi connectivity index (χ0v) is 13.5. The van der Waals surface area contributed by atoms with Crippen molar-refractivity contribution >= 4 is 28.8 Å². The molecule has 0 aliphatic rings. The van der Waals surface area contributed by atoms with Crippen LogP contribution in [0.25, 0.3) is 10.6 Å². The van der Waals surface area contributed by atoms with Crippen LogP contribution in [0.4, 0.5) is 0 Å².